The fourth-order valence-corrected chi connectivity index (χ4v) is 8.53. The highest BCUT2D eigenvalue weighted by Crippen LogP contribution is 2.55. The fraction of sp³-hybridized carbons (Fsp3) is 0.694. The maximum Gasteiger partial charge on any atom is 0.246 e. The van der Waals surface area contributed by atoms with E-state index in [2.05, 4.69) is 55.1 Å². The number of ether oxygens (including phenoxy) is 1. The van der Waals surface area contributed by atoms with Crippen molar-refractivity contribution in [2.45, 2.75) is 90.0 Å². The quantitative estimate of drug-likeness (QED) is 0.387. The summed E-state index contributed by atoms with van der Waals surface area (Å²) in [5.74, 6) is -0.651. The standard InChI is InChI=1S/C36H53N5O4/c1-6-39-19-21-40(22-20-39)17-8-18-41-32(34(43)38-28-10-7-9-24(4)25(28)5)36-16-15-29(45-36)30(31(36)35(41)44)33(42)37-27-13-11-26(12-14-27)23(2)3/h11-16,23-25,28-32H,6-10,17-22H2,1-5H3,(H,37,42)(H,38,43)/t24-,25+,28-,29+,30-,31+,32+,36+/m1/s1. The van der Waals surface area contributed by atoms with Crippen LogP contribution in [-0.2, 0) is 19.1 Å². The molecular weight excluding hydrogens is 566 g/mol. The first-order valence-corrected chi connectivity index (χ1v) is 17.5. The molecule has 3 amide bonds. The van der Waals surface area contributed by atoms with Gasteiger partial charge in [-0.25, -0.2) is 0 Å². The highest BCUT2D eigenvalue weighted by Gasteiger charge is 2.72. The molecule has 0 unspecified atom stereocenters. The first-order chi connectivity index (χ1) is 21.6. The van der Waals surface area contributed by atoms with Crippen molar-refractivity contribution in [3.05, 3.63) is 42.0 Å². The van der Waals surface area contributed by atoms with Gasteiger partial charge in [-0.1, -0.05) is 71.7 Å². The van der Waals surface area contributed by atoms with Gasteiger partial charge in [0.05, 0.1) is 17.9 Å². The minimum atomic E-state index is -1.13. The number of fused-ring (bicyclic) bond motifs is 1. The maximum absolute atomic E-state index is 14.4. The number of nitrogens with one attached hydrogen (secondary N) is 2. The molecule has 1 aliphatic carbocycles. The van der Waals surface area contributed by atoms with Crippen molar-refractivity contribution in [3.8, 4) is 0 Å². The molecule has 4 heterocycles. The van der Waals surface area contributed by atoms with Crippen LogP contribution in [0.2, 0.25) is 0 Å². The Kier molecular flexibility index (Phi) is 9.42. The summed E-state index contributed by atoms with van der Waals surface area (Å²) in [5, 5.41) is 6.43. The van der Waals surface area contributed by atoms with Crippen LogP contribution in [0.4, 0.5) is 5.69 Å². The van der Waals surface area contributed by atoms with Crippen molar-refractivity contribution in [2.24, 2.45) is 23.7 Å². The molecule has 45 heavy (non-hydrogen) atoms. The van der Waals surface area contributed by atoms with Crippen LogP contribution < -0.4 is 10.6 Å². The van der Waals surface area contributed by atoms with E-state index in [0.29, 0.717) is 30.0 Å². The Bertz CT molecular complexity index is 1270. The monoisotopic (exact) mass is 619 g/mol. The first kappa shape index (κ1) is 32.2. The van der Waals surface area contributed by atoms with Crippen LogP contribution in [-0.4, -0.2) is 102 Å². The summed E-state index contributed by atoms with van der Waals surface area (Å²) in [5.41, 5.74) is 0.763. The van der Waals surface area contributed by atoms with Gasteiger partial charge < -0.3 is 30.1 Å². The van der Waals surface area contributed by atoms with Crippen LogP contribution in [0, 0.1) is 23.7 Å². The zero-order valence-electron chi connectivity index (χ0n) is 27.8. The molecule has 1 aromatic carbocycles. The summed E-state index contributed by atoms with van der Waals surface area (Å²) in [6.45, 7) is 17.5. The second-order valence-corrected chi connectivity index (χ2v) is 14.5. The van der Waals surface area contributed by atoms with E-state index in [1.807, 2.05) is 36.4 Å². The van der Waals surface area contributed by atoms with Crippen LogP contribution in [0.25, 0.3) is 0 Å². The summed E-state index contributed by atoms with van der Waals surface area (Å²) in [6, 6.07) is 7.16. The number of hydrogen-bond acceptors (Lipinski definition) is 6. The molecule has 5 aliphatic rings. The molecule has 3 saturated heterocycles. The van der Waals surface area contributed by atoms with Gasteiger partial charge in [-0.05, 0) is 61.4 Å². The van der Waals surface area contributed by atoms with Crippen LogP contribution in [0.3, 0.4) is 0 Å². The SMILES string of the molecule is CCN1CCN(CCCN2C(=O)[C@@H]3[C@H](C(=O)Nc4ccc(C(C)C)cc4)[C@@H]4C=C[C@@]3(O4)[C@@H]2C(=O)N[C@@H]2CCC[C@@H](C)[C@@H]2C)CC1. The third kappa shape index (κ3) is 6.08. The van der Waals surface area contributed by atoms with Crippen LogP contribution in [0.5, 0.6) is 0 Å². The van der Waals surface area contributed by atoms with E-state index in [9.17, 15) is 14.4 Å². The van der Waals surface area contributed by atoms with E-state index in [4.69, 9.17) is 4.74 Å². The third-order valence-corrected chi connectivity index (χ3v) is 11.6. The highest BCUT2D eigenvalue weighted by molar-refractivity contribution is 6.02. The van der Waals surface area contributed by atoms with Crippen molar-refractivity contribution in [1.82, 2.24) is 20.0 Å². The van der Waals surface area contributed by atoms with Gasteiger partial charge >= 0.3 is 0 Å². The van der Waals surface area contributed by atoms with Crippen LogP contribution >= 0.6 is 0 Å². The highest BCUT2D eigenvalue weighted by atomic mass is 16.5. The molecule has 9 nitrogen and oxygen atoms in total. The molecule has 4 fully saturated rings. The summed E-state index contributed by atoms with van der Waals surface area (Å²) in [4.78, 5) is 49.2. The Hall–Kier alpha value is -2.75. The minimum absolute atomic E-state index is 0.0685. The Labute approximate surface area is 269 Å². The van der Waals surface area contributed by atoms with E-state index >= 15 is 0 Å². The number of carbonyl (C=O) groups is 3. The van der Waals surface area contributed by atoms with Gasteiger partial charge in [-0.15, -0.1) is 0 Å². The number of hydrogen-bond donors (Lipinski definition) is 2. The number of piperazine rings is 1. The summed E-state index contributed by atoms with van der Waals surface area (Å²) in [7, 11) is 0. The van der Waals surface area contributed by atoms with E-state index in [-0.39, 0.29) is 23.8 Å². The van der Waals surface area contributed by atoms with Crippen molar-refractivity contribution >= 4 is 23.4 Å². The van der Waals surface area contributed by atoms with Crippen molar-refractivity contribution in [1.29, 1.82) is 0 Å². The zero-order valence-corrected chi connectivity index (χ0v) is 27.8. The van der Waals surface area contributed by atoms with Gasteiger partial charge in [0.15, 0.2) is 0 Å². The first-order valence-electron chi connectivity index (χ1n) is 17.5. The number of anilines is 1. The van der Waals surface area contributed by atoms with Crippen LogP contribution in [0.1, 0.15) is 71.8 Å². The summed E-state index contributed by atoms with van der Waals surface area (Å²) in [6.07, 6.45) is 7.26. The van der Waals surface area contributed by atoms with Gasteiger partial charge in [0.25, 0.3) is 0 Å². The zero-order chi connectivity index (χ0) is 31.9. The van der Waals surface area contributed by atoms with E-state index < -0.39 is 29.6 Å². The number of rotatable bonds is 10. The van der Waals surface area contributed by atoms with E-state index in [0.717, 1.165) is 58.5 Å². The third-order valence-electron chi connectivity index (χ3n) is 11.6. The average Bonchev–Trinajstić information content (AvgIpc) is 3.67. The summed E-state index contributed by atoms with van der Waals surface area (Å²) < 4.78 is 6.59. The van der Waals surface area contributed by atoms with Gasteiger partial charge in [-0.2, -0.15) is 0 Å². The maximum atomic E-state index is 14.4. The van der Waals surface area contributed by atoms with Crippen LogP contribution in [0.15, 0.2) is 36.4 Å². The van der Waals surface area contributed by atoms with Crippen molar-refractivity contribution < 1.29 is 19.1 Å². The lowest BCUT2D eigenvalue weighted by Gasteiger charge is -2.38. The molecule has 0 radical (unpaired) electrons. The second kappa shape index (κ2) is 13.2. The number of amides is 3. The number of likely N-dealkylation sites (N-methyl/N-ethyl adjacent to an activating group) is 1. The lowest BCUT2D eigenvalue weighted by molar-refractivity contribution is -0.141. The molecule has 1 aromatic rings. The smallest absolute Gasteiger partial charge is 0.246 e. The second-order valence-electron chi connectivity index (χ2n) is 14.5. The Morgan fingerprint density at radius 3 is 2.40 bits per heavy atom. The molecule has 1 spiro atoms. The van der Waals surface area contributed by atoms with Crippen molar-refractivity contribution in [2.75, 3.05) is 51.1 Å². The van der Waals surface area contributed by atoms with Gasteiger partial charge in [0, 0.05) is 44.5 Å². The Balaban J connectivity index is 1.21. The van der Waals surface area contributed by atoms with Gasteiger partial charge in [0.1, 0.15) is 11.6 Å². The molecule has 246 valence electrons. The average molecular weight is 620 g/mol. The van der Waals surface area contributed by atoms with Gasteiger partial charge in [-0.3, -0.25) is 14.4 Å². The molecule has 0 aromatic heterocycles. The molecule has 2 N–H and O–H groups in total. The minimum Gasteiger partial charge on any atom is -0.359 e. The predicted octanol–water partition coefficient (Wildman–Crippen LogP) is 3.87. The summed E-state index contributed by atoms with van der Waals surface area (Å²) >= 11 is 0. The topological polar surface area (TPSA) is 94.2 Å². The fourth-order valence-electron chi connectivity index (χ4n) is 8.53. The molecule has 4 aliphatic heterocycles. The molecular formula is C36H53N5O4. The largest absolute Gasteiger partial charge is 0.359 e. The number of carbonyl (C=O) groups excluding carboxylic acids is 3. The normalized spacial score (nSPS) is 34.8. The molecule has 9 heteroatoms. The molecule has 8 atom stereocenters. The van der Waals surface area contributed by atoms with Crippen molar-refractivity contribution in [3.63, 3.8) is 0 Å². The predicted molar refractivity (Wildman–Crippen MR) is 176 cm³/mol. The molecule has 1 saturated carbocycles. The lowest BCUT2D eigenvalue weighted by atomic mass is 9.73. The molecule has 2 bridgehead atoms. The number of benzene rings is 1. The number of nitrogens with zero attached hydrogens (tertiary/aromatic N) is 3. The number of likely N-dealkylation sites (tertiary alicyclic amines) is 1. The van der Waals surface area contributed by atoms with E-state index in [1.54, 1.807) is 4.90 Å². The van der Waals surface area contributed by atoms with E-state index in [1.165, 1.54) is 12.0 Å². The van der Waals surface area contributed by atoms with Gasteiger partial charge in [0.2, 0.25) is 17.7 Å². The lowest BCUT2D eigenvalue weighted by Crippen LogP contribution is -2.58. The Morgan fingerprint density at radius 1 is 1.00 bits per heavy atom. The Morgan fingerprint density at radius 2 is 1.71 bits per heavy atom. The molecule has 6 rings (SSSR count).